The number of halogens is 2. The molecule has 0 aromatic heterocycles. The molecule has 7 nitrogen and oxygen atoms in total. The highest BCUT2D eigenvalue weighted by Crippen LogP contribution is 2.36. The van der Waals surface area contributed by atoms with Gasteiger partial charge in [0.2, 0.25) is 0 Å². The van der Waals surface area contributed by atoms with E-state index in [1.165, 1.54) is 24.3 Å². The van der Waals surface area contributed by atoms with Gasteiger partial charge in [-0.15, -0.1) is 12.4 Å². The summed E-state index contributed by atoms with van der Waals surface area (Å²) < 4.78 is 44.4. The summed E-state index contributed by atoms with van der Waals surface area (Å²) in [6.07, 6.45) is 1.75. The van der Waals surface area contributed by atoms with E-state index in [2.05, 4.69) is 11.0 Å². The molecule has 39 heavy (non-hydrogen) atoms. The summed E-state index contributed by atoms with van der Waals surface area (Å²) in [5.41, 5.74) is 4.69. The molecule has 10 heteroatoms. The van der Waals surface area contributed by atoms with Gasteiger partial charge in [0.1, 0.15) is 11.6 Å². The van der Waals surface area contributed by atoms with Gasteiger partial charge < -0.3 is 9.64 Å². The number of amides is 1. The van der Waals surface area contributed by atoms with E-state index in [0.717, 1.165) is 36.1 Å². The molecule has 2 N–H and O–H groups in total. The molecule has 0 spiro atoms. The standard InChI is InChI=1S/C29H33FN2O5S.ClH/c1-2-32-18-16-29(17-19-32,28(33)31-34)38(35,36)27-14-12-26(13-15-27)37-20-4-6-22-5-3-7-24(21-22)23-8-10-25(30)11-9-23;/h3,5,7-15,21,34H,2,4,6,16-20H2,1H3,(H,31,33);1H. The molecule has 0 radical (unpaired) electrons. The van der Waals surface area contributed by atoms with Crippen LogP contribution in [0.15, 0.2) is 77.7 Å². The van der Waals surface area contributed by atoms with Gasteiger partial charge in [0.25, 0.3) is 5.91 Å². The quantitative estimate of drug-likeness (QED) is 0.199. The molecule has 4 rings (SSSR count). The number of carbonyl (C=O) groups is 1. The SMILES string of the molecule is CCN1CCC(C(=O)NO)(S(=O)(=O)c2ccc(OCCCc3cccc(-c4ccc(F)cc4)c3)cc2)CC1.Cl. The molecule has 1 saturated heterocycles. The molecule has 0 aliphatic carbocycles. The number of rotatable bonds is 10. The summed E-state index contributed by atoms with van der Waals surface area (Å²) >= 11 is 0. The van der Waals surface area contributed by atoms with Crippen molar-refractivity contribution in [2.45, 2.75) is 42.2 Å². The minimum absolute atomic E-state index is 0. The second kappa shape index (κ2) is 13.4. The van der Waals surface area contributed by atoms with Gasteiger partial charge in [-0.25, -0.2) is 18.3 Å². The first-order valence-corrected chi connectivity index (χ1v) is 14.3. The maximum Gasteiger partial charge on any atom is 0.265 e. The van der Waals surface area contributed by atoms with E-state index in [1.54, 1.807) is 29.7 Å². The van der Waals surface area contributed by atoms with Crippen molar-refractivity contribution >= 4 is 28.2 Å². The van der Waals surface area contributed by atoms with Crippen LogP contribution in [0, 0.1) is 5.82 Å². The maximum atomic E-state index is 13.5. The van der Waals surface area contributed by atoms with Crippen LogP contribution in [-0.4, -0.2) is 55.4 Å². The largest absolute Gasteiger partial charge is 0.494 e. The van der Waals surface area contributed by atoms with Crippen molar-refractivity contribution in [2.24, 2.45) is 0 Å². The summed E-state index contributed by atoms with van der Waals surface area (Å²) in [6, 6.07) is 20.6. The Labute approximate surface area is 235 Å². The van der Waals surface area contributed by atoms with Gasteiger partial charge in [0, 0.05) is 13.1 Å². The van der Waals surface area contributed by atoms with E-state index < -0.39 is 20.5 Å². The maximum absolute atomic E-state index is 13.5. The average Bonchev–Trinajstić information content (AvgIpc) is 2.95. The van der Waals surface area contributed by atoms with Crippen LogP contribution in [0.25, 0.3) is 11.1 Å². The number of sulfone groups is 1. The van der Waals surface area contributed by atoms with Crippen LogP contribution < -0.4 is 10.2 Å². The summed E-state index contributed by atoms with van der Waals surface area (Å²) in [7, 11) is -4.05. The van der Waals surface area contributed by atoms with Crippen molar-refractivity contribution in [3.63, 3.8) is 0 Å². The van der Waals surface area contributed by atoms with Crippen molar-refractivity contribution in [1.82, 2.24) is 10.4 Å². The van der Waals surface area contributed by atoms with Gasteiger partial charge in [-0.2, -0.15) is 0 Å². The Morgan fingerprint density at radius 2 is 1.69 bits per heavy atom. The number of nitrogens with zero attached hydrogens (tertiary/aromatic N) is 1. The van der Waals surface area contributed by atoms with E-state index >= 15 is 0 Å². The lowest BCUT2D eigenvalue weighted by Gasteiger charge is -2.39. The third-order valence-electron chi connectivity index (χ3n) is 7.26. The highest BCUT2D eigenvalue weighted by molar-refractivity contribution is 7.93. The molecule has 1 heterocycles. The highest BCUT2D eigenvalue weighted by Gasteiger charge is 2.52. The van der Waals surface area contributed by atoms with Gasteiger partial charge in [0.05, 0.1) is 11.5 Å². The lowest BCUT2D eigenvalue weighted by Crippen LogP contribution is -2.57. The summed E-state index contributed by atoms with van der Waals surface area (Å²) in [5, 5.41) is 9.30. The number of benzene rings is 3. The third kappa shape index (κ3) is 6.78. The fraction of sp³-hybridized carbons (Fsp3) is 0.345. The van der Waals surface area contributed by atoms with Crippen LogP contribution >= 0.6 is 12.4 Å². The lowest BCUT2D eigenvalue weighted by atomic mass is 9.95. The minimum atomic E-state index is -4.05. The van der Waals surface area contributed by atoms with Gasteiger partial charge in [-0.1, -0.05) is 43.3 Å². The molecule has 3 aromatic carbocycles. The Balaban J connectivity index is 0.00000420. The minimum Gasteiger partial charge on any atom is -0.494 e. The van der Waals surface area contributed by atoms with Crippen LogP contribution in [0.3, 0.4) is 0 Å². The zero-order chi connectivity index (χ0) is 27.2. The van der Waals surface area contributed by atoms with Crippen LogP contribution in [0.5, 0.6) is 5.75 Å². The fourth-order valence-corrected chi connectivity index (χ4v) is 6.86. The van der Waals surface area contributed by atoms with E-state index in [-0.39, 0.29) is 36.0 Å². The fourth-order valence-electron chi connectivity index (χ4n) is 4.91. The number of aryl methyl sites for hydroxylation is 1. The summed E-state index contributed by atoms with van der Waals surface area (Å²) in [6.45, 7) is 4.10. The topological polar surface area (TPSA) is 95.9 Å². The molecular formula is C29H34ClFN2O5S. The molecule has 3 aromatic rings. The summed E-state index contributed by atoms with van der Waals surface area (Å²) in [4.78, 5) is 14.7. The summed E-state index contributed by atoms with van der Waals surface area (Å²) in [5.74, 6) is -0.622. The first-order chi connectivity index (χ1) is 18.3. The normalized spacial score (nSPS) is 15.3. The molecule has 1 aliphatic heterocycles. The Hall–Kier alpha value is -2.98. The van der Waals surface area contributed by atoms with Crippen molar-refractivity contribution < 1.29 is 27.5 Å². The molecular weight excluding hydrogens is 543 g/mol. The van der Waals surface area contributed by atoms with Crippen LogP contribution in [-0.2, 0) is 21.1 Å². The highest BCUT2D eigenvalue weighted by atomic mass is 35.5. The van der Waals surface area contributed by atoms with Gasteiger partial charge in [-0.3, -0.25) is 10.0 Å². The van der Waals surface area contributed by atoms with Crippen LogP contribution in [0.1, 0.15) is 31.7 Å². The van der Waals surface area contributed by atoms with E-state index in [0.29, 0.717) is 25.4 Å². The lowest BCUT2D eigenvalue weighted by molar-refractivity contribution is -0.133. The molecule has 1 aliphatic rings. The average molecular weight is 577 g/mol. The Kier molecular flexibility index (Phi) is 10.5. The zero-order valence-electron chi connectivity index (χ0n) is 21.8. The van der Waals surface area contributed by atoms with Gasteiger partial charge in [0.15, 0.2) is 14.6 Å². The molecule has 210 valence electrons. The third-order valence-corrected chi connectivity index (χ3v) is 9.77. The number of hydroxylamine groups is 1. The number of likely N-dealkylation sites (tertiary alicyclic amines) is 1. The number of piperidine rings is 1. The Morgan fingerprint density at radius 1 is 1.03 bits per heavy atom. The predicted octanol–water partition coefficient (Wildman–Crippen LogP) is 5.06. The van der Waals surface area contributed by atoms with Gasteiger partial charge in [-0.05, 0) is 85.3 Å². The first-order valence-electron chi connectivity index (χ1n) is 12.8. The van der Waals surface area contributed by atoms with Crippen molar-refractivity contribution in [3.05, 3.63) is 84.2 Å². The van der Waals surface area contributed by atoms with Crippen LogP contribution in [0.2, 0.25) is 0 Å². The number of nitrogens with one attached hydrogen (secondary N) is 1. The van der Waals surface area contributed by atoms with Crippen molar-refractivity contribution in [2.75, 3.05) is 26.2 Å². The molecule has 0 unspecified atom stereocenters. The zero-order valence-corrected chi connectivity index (χ0v) is 23.4. The smallest absolute Gasteiger partial charge is 0.265 e. The van der Waals surface area contributed by atoms with E-state index in [4.69, 9.17) is 4.74 Å². The second-order valence-corrected chi connectivity index (χ2v) is 11.8. The van der Waals surface area contributed by atoms with Gasteiger partial charge >= 0.3 is 0 Å². The number of hydrogen-bond acceptors (Lipinski definition) is 6. The van der Waals surface area contributed by atoms with E-state index in [1.807, 2.05) is 25.1 Å². The van der Waals surface area contributed by atoms with E-state index in [9.17, 15) is 22.8 Å². The number of carbonyl (C=O) groups excluding carboxylic acids is 1. The predicted molar refractivity (Wildman–Crippen MR) is 151 cm³/mol. The van der Waals surface area contributed by atoms with Crippen LogP contribution in [0.4, 0.5) is 4.39 Å². The second-order valence-electron chi connectivity index (χ2n) is 9.50. The van der Waals surface area contributed by atoms with Crippen molar-refractivity contribution in [1.29, 1.82) is 0 Å². The molecule has 1 amide bonds. The molecule has 0 bridgehead atoms. The molecule has 1 fully saturated rings. The van der Waals surface area contributed by atoms with Crippen molar-refractivity contribution in [3.8, 4) is 16.9 Å². The number of hydrogen-bond donors (Lipinski definition) is 2. The Morgan fingerprint density at radius 3 is 2.31 bits per heavy atom. The molecule has 0 saturated carbocycles. The molecule has 0 atom stereocenters. The number of ether oxygens (including phenoxy) is 1. The first kappa shape index (κ1) is 30.6. The monoisotopic (exact) mass is 576 g/mol. The Bertz CT molecular complexity index is 1340.